The highest BCUT2D eigenvalue weighted by Crippen LogP contribution is 2.29. The summed E-state index contributed by atoms with van der Waals surface area (Å²) in [5.74, 6) is 0. The first kappa shape index (κ1) is 15.8. The standard InChI is InChI=1S/C15H13F3N2O2/c1-10-12(7-8-13(19-10)15(16,17)18)20-14(21)22-9-11-5-3-2-4-6-11/h2-8H,9H2,1H3,(H,20,21). The zero-order chi connectivity index (χ0) is 16.2. The maximum atomic E-state index is 12.5. The maximum Gasteiger partial charge on any atom is 0.433 e. The van der Waals surface area contributed by atoms with Crippen LogP contribution in [0.2, 0.25) is 0 Å². The van der Waals surface area contributed by atoms with E-state index in [1.54, 1.807) is 24.3 Å². The van der Waals surface area contributed by atoms with Gasteiger partial charge in [-0.15, -0.1) is 0 Å². The van der Waals surface area contributed by atoms with Gasteiger partial charge in [0, 0.05) is 0 Å². The average molecular weight is 310 g/mol. The van der Waals surface area contributed by atoms with E-state index in [0.29, 0.717) is 0 Å². The Morgan fingerprint density at radius 1 is 1.18 bits per heavy atom. The summed E-state index contributed by atoms with van der Waals surface area (Å²) in [6.45, 7) is 1.45. The predicted molar refractivity (Wildman–Crippen MR) is 74.2 cm³/mol. The molecule has 0 saturated carbocycles. The summed E-state index contributed by atoms with van der Waals surface area (Å²) in [4.78, 5) is 15.1. The van der Waals surface area contributed by atoms with E-state index in [2.05, 4.69) is 10.3 Å². The van der Waals surface area contributed by atoms with Gasteiger partial charge in [0.2, 0.25) is 0 Å². The minimum atomic E-state index is -4.52. The first-order valence-electron chi connectivity index (χ1n) is 6.39. The fraction of sp³-hybridized carbons (Fsp3) is 0.200. The van der Waals surface area contributed by atoms with E-state index in [9.17, 15) is 18.0 Å². The topological polar surface area (TPSA) is 51.2 Å². The van der Waals surface area contributed by atoms with Gasteiger partial charge in [0.25, 0.3) is 0 Å². The van der Waals surface area contributed by atoms with Crippen LogP contribution in [0.25, 0.3) is 0 Å². The fourth-order valence-electron chi connectivity index (χ4n) is 1.72. The Balaban J connectivity index is 1.97. The van der Waals surface area contributed by atoms with Crippen LogP contribution in [0.5, 0.6) is 0 Å². The number of nitrogens with one attached hydrogen (secondary N) is 1. The summed E-state index contributed by atoms with van der Waals surface area (Å²) < 4.78 is 42.5. The number of benzene rings is 1. The van der Waals surface area contributed by atoms with Crippen molar-refractivity contribution in [2.75, 3.05) is 5.32 Å². The summed E-state index contributed by atoms with van der Waals surface area (Å²) in [5, 5.41) is 2.37. The fourth-order valence-corrected chi connectivity index (χ4v) is 1.72. The van der Waals surface area contributed by atoms with Gasteiger partial charge in [-0.25, -0.2) is 9.78 Å². The molecule has 7 heteroatoms. The van der Waals surface area contributed by atoms with Crippen LogP contribution >= 0.6 is 0 Å². The third-order valence-electron chi connectivity index (χ3n) is 2.83. The molecule has 1 heterocycles. The quantitative estimate of drug-likeness (QED) is 0.926. The average Bonchev–Trinajstić information content (AvgIpc) is 2.47. The largest absolute Gasteiger partial charge is 0.444 e. The lowest BCUT2D eigenvalue weighted by molar-refractivity contribution is -0.141. The molecule has 2 rings (SSSR count). The highest BCUT2D eigenvalue weighted by molar-refractivity contribution is 5.85. The van der Waals surface area contributed by atoms with Crippen molar-refractivity contribution in [2.45, 2.75) is 19.7 Å². The zero-order valence-electron chi connectivity index (χ0n) is 11.6. The maximum absolute atomic E-state index is 12.5. The predicted octanol–water partition coefficient (Wildman–Crippen LogP) is 4.16. The molecule has 1 aromatic carbocycles. The Bertz CT molecular complexity index is 658. The SMILES string of the molecule is Cc1nc(C(F)(F)F)ccc1NC(=O)OCc1ccccc1. The minimum Gasteiger partial charge on any atom is -0.444 e. The summed E-state index contributed by atoms with van der Waals surface area (Å²) in [5.41, 5.74) is 0.0330. The van der Waals surface area contributed by atoms with Crippen molar-refractivity contribution < 1.29 is 22.7 Å². The van der Waals surface area contributed by atoms with E-state index >= 15 is 0 Å². The number of ether oxygens (including phenoxy) is 1. The molecule has 0 bridgehead atoms. The highest BCUT2D eigenvalue weighted by atomic mass is 19.4. The molecule has 0 atom stereocenters. The van der Waals surface area contributed by atoms with Gasteiger partial charge in [-0.1, -0.05) is 30.3 Å². The van der Waals surface area contributed by atoms with Crippen molar-refractivity contribution in [3.05, 3.63) is 59.4 Å². The lowest BCUT2D eigenvalue weighted by Gasteiger charge is -2.11. The number of halogens is 3. The Morgan fingerprint density at radius 3 is 2.45 bits per heavy atom. The first-order chi connectivity index (χ1) is 10.4. The summed E-state index contributed by atoms with van der Waals surface area (Å²) >= 11 is 0. The molecular weight excluding hydrogens is 297 g/mol. The molecule has 0 fully saturated rings. The number of rotatable bonds is 3. The summed E-state index contributed by atoms with van der Waals surface area (Å²) in [7, 11) is 0. The number of aryl methyl sites for hydroxylation is 1. The van der Waals surface area contributed by atoms with Crippen LogP contribution in [0, 0.1) is 6.92 Å². The molecule has 0 aliphatic heterocycles. The molecule has 2 aromatic rings. The molecule has 1 N–H and O–H groups in total. The molecule has 0 spiro atoms. The first-order valence-corrected chi connectivity index (χ1v) is 6.39. The Kier molecular flexibility index (Phi) is 4.65. The van der Waals surface area contributed by atoms with Gasteiger partial charge < -0.3 is 4.74 Å². The van der Waals surface area contributed by atoms with E-state index in [0.717, 1.165) is 17.7 Å². The number of nitrogens with zero attached hydrogens (tertiary/aromatic N) is 1. The molecule has 1 amide bonds. The van der Waals surface area contributed by atoms with Crippen LogP contribution in [-0.2, 0) is 17.5 Å². The monoisotopic (exact) mass is 310 g/mol. The number of carbonyl (C=O) groups is 1. The molecule has 0 aliphatic carbocycles. The molecule has 22 heavy (non-hydrogen) atoms. The number of carbonyl (C=O) groups excluding carboxylic acids is 1. The van der Waals surface area contributed by atoms with Crippen LogP contribution in [-0.4, -0.2) is 11.1 Å². The van der Waals surface area contributed by atoms with Crippen molar-refractivity contribution in [3.8, 4) is 0 Å². The van der Waals surface area contributed by atoms with Crippen molar-refractivity contribution in [3.63, 3.8) is 0 Å². The lowest BCUT2D eigenvalue weighted by atomic mass is 10.2. The normalized spacial score (nSPS) is 11.1. The van der Waals surface area contributed by atoms with Gasteiger partial charge >= 0.3 is 12.3 Å². The van der Waals surface area contributed by atoms with Crippen LogP contribution in [0.1, 0.15) is 17.0 Å². The summed E-state index contributed by atoms with van der Waals surface area (Å²) in [6.07, 6.45) is -5.27. The van der Waals surface area contributed by atoms with Crippen molar-refractivity contribution >= 4 is 11.8 Å². The van der Waals surface area contributed by atoms with Gasteiger partial charge in [0.15, 0.2) is 0 Å². The molecule has 4 nitrogen and oxygen atoms in total. The minimum absolute atomic E-state index is 0.0616. The third kappa shape index (κ3) is 4.21. The van der Waals surface area contributed by atoms with Gasteiger partial charge in [0.05, 0.1) is 11.4 Å². The van der Waals surface area contributed by atoms with Gasteiger partial charge in [-0.2, -0.15) is 13.2 Å². The molecule has 0 unspecified atom stereocenters. The van der Waals surface area contributed by atoms with Gasteiger partial charge in [0.1, 0.15) is 12.3 Å². The van der Waals surface area contributed by atoms with Crippen molar-refractivity contribution in [2.24, 2.45) is 0 Å². The number of aromatic nitrogens is 1. The number of anilines is 1. The molecular formula is C15H13F3N2O2. The molecule has 0 saturated heterocycles. The second-order valence-electron chi connectivity index (χ2n) is 4.51. The van der Waals surface area contributed by atoms with E-state index in [4.69, 9.17) is 4.74 Å². The number of hydrogen-bond acceptors (Lipinski definition) is 3. The van der Waals surface area contributed by atoms with Crippen molar-refractivity contribution in [1.29, 1.82) is 0 Å². The van der Waals surface area contributed by atoms with Crippen LogP contribution in [0.3, 0.4) is 0 Å². The van der Waals surface area contributed by atoms with E-state index in [1.807, 2.05) is 6.07 Å². The Labute approximate surface area is 124 Å². The molecule has 1 aromatic heterocycles. The number of pyridine rings is 1. The number of alkyl halides is 3. The highest BCUT2D eigenvalue weighted by Gasteiger charge is 2.32. The third-order valence-corrected chi connectivity index (χ3v) is 2.83. The lowest BCUT2D eigenvalue weighted by Crippen LogP contribution is -2.16. The number of hydrogen-bond donors (Lipinski definition) is 1. The molecule has 0 radical (unpaired) electrons. The van der Waals surface area contributed by atoms with Crippen LogP contribution in [0.15, 0.2) is 42.5 Å². The van der Waals surface area contributed by atoms with Crippen LogP contribution in [0.4, 0.5) is 23.7 Å². The summed E-state index contributed by atoms with van der Waals surface area (Å²) in [6, 6.07) is 11.0. The molecule has 0 aliphatic rings. The number of amides is 1. The van der Waals surface area contributed by atoms with E-state index in [1.165, 1.54) is 6.92 Å². The smallest absolute Gasteiger partial charge is 0.433 e. The Morgan fingerprint density at radius 2 is 1.86 bits per heavy atom. The van der Waals surface area contributed by atoms with Gasteiger partial charge in [-0.3, -0.25) is 5.32 Å². The van der Waals surface area contributed by atoms with Crippen LogP contribution < -0.4 is 5.32 Å². The van der Waals surface area contributed by atoms with Crippen molar-refractivity contribution in [1.82, 2.24) is 4.98 Å². The molecule has 116 valence electrons. The second kappa shape index (κ2) is 6.46. The van der Waals surface area contributed by atoms with Gasteiger partial charge in [-0.05, 0) is 24.6 Å². The zero-order valence-corrected chi connectivity index (χ0v) is 11.6. The Hall–Kier alpha value is -2.57. The second-order valence-corrected chi connectivity index (χ2v) is 4.51. The van der Waals surface area contributed by atoms with E-state index in [-0.39, 0.29) is 18.0 Å². The van der Waals surface area contributed by atoms with E-state index < -0.39 is 18.0 Å².